The van der Waals surface area contributed by atoms with Crippen molar-refractivity contribution in [2.75, 3.05) is 43.9 Å². The molecule has 0 N–H and O–H groups in total. The lowest BCUT2D eigenvalue weighted by Gasteiger charge is -2.36. The minimum atomic E-state index is 0.121. The van der Waals surface area contributed by atoms with E-state index in [0.717, 1.165) is 29.7 Å². The number of furan rings is 1. The van der Waals surface area contributed by atoms with E-state index < -0.39 is 0 Å². The van der Waals surface area contributed by atoms with Gasteiger partial charge in [-0.2, -0.15) is 0 Å². The van der Waals surface area contributed by atoms with Gasteiger partial charge in [-0.1, -0.05) is 17.8 Å². The van der Waals surface area contributed by atoms with E-state index in [-0.39, 0.29) is 5.91 Å². The predicted octanol–water partition coefficient (Wildman–Crippen LogP) is 3.01. The summed E-state index contributed by atoms with van der Waals surface area (Å²) in [4.78, 5) is 16.9. The molecule has 3 heterocycles. The number of rotatable bonds is 7. The molecule has 0 unspecified atom stereocenters. The normalized spacial score (nSPS) is 14.2. The summed E-state index contributed by atoms with van der Waals surface area (Å²) in [6, 6.07) is 11.7. The third-order valence-corrected chi connectivity index (χ3v) is 6.10. The average molecular weight is 428 g/mol. The molecule has 158 valence electrons. The van der Waals surface area contributed by atoms with Gasteiger partial charge in [-0.05, 0) is 31.2 Å². The molecule has 0 atom stereocenters. The number of nitrogens with zero attached hydrogens (tertiary/aromatic N) is 5. The molecule has 1 aromatic carbocycles. The Balaban J connectivity index is 1.32. The Hall–Kier alpha value is -2.94. The number of aromatic nitrogens is 3. The minimum Gasteiger partial charge on any atom is -0.497 e. The van der Waals surface area contributed by atoms with Crippen molar-refractivity contribution in [2.24, 2.45) is 0 Å². The molecule has 8 nitrogen and oxygen atoms in total. The van der Waals surface area contributed by atoms with E-state index in [1.165, 1.54) is 11.8 Å². The van der Waals surface area contributed by atoms with Crippen LogP contribution in [-0.4, -0.2) is 64.6 Å². The van der Waals surface area contributed by atoms with Crippen molar-refractivity contribution in [3.8, 4) is 17.3 Å². The Kier molecular flexibility index (Phi) is 6.27. The number of ether oxygens (including phenoxy) is 1. The van der Waals surface area contributed by atoms with Crippen LogP contribution in [0.25, 0.3) is 11.6 Å². The number of methoxy groups -OCH3 is 1. The number of carbonyl (C=O) groups is 1. The van der Waals surface area contributed by atoms with Gasteiger partial charge >= 0.3 is 0 Å². The lowest BCUT2D eigenvalue weighted by molar-refractivity contribution is -0.128. The molecule has 3 aromatic rings. The summed E-state index contributed by atoms with van der Waals surface area (Å²) in [5, 5.41) is 9.22. The summed E-state index contributed by atoms with van der Waals surface area (Å²) < 4.78 is 12.7. The highest BCUT2D eigenvalue weighted by Gasteiger charge is 2.23. The fourth-order valence-corrected chi connectivity index (χ4v) is 4.41. The highest BCUT2D eigenvalue weighted by Crippen LogP contribution is 2.25. The zero-order valence-corrected chi connectivity index (χ0v) is 18.0. The standard InChI is InChI=1S/C21H25N5O3S/c1-3-26-20(18-8-5-13-29-18)22-23-21(26)30-15-19(27)25-11-9-24(10-12-25)16-6-4-7-17(14-16)28-2/h4-8,13-14H,3,9-12,15H2,1-2H3. The number of piperazine rings is 1. The first-order valence-electron chi connectivity index (χ1n) is 9.96. The molecule has 4 rings (SSSR count). The lowest BCUT2D eigenvalue weighted by Crippen LogP contribution is -2.49. The van der Waals surface area contributed by atoms with E-state index in [0.29, 0.717) is 37.0 Å². The molecule has 1 aliphatic rings. The Bertz CT molecular complexity index is 980. The summed E-state index contributed by atoms with van der Waals surface area (Å²) in [7, 11) is 1.67. The summed E-state index contributed by atoms with van der Waals surface area (Å²) in [5.74, 6) is 2.67. The van der Waals surface area contributed by atoms with Crippen LogP contribution < -0.4 is 9.64 Å². The zero-order chi connectivity index (χ0) is 20.9. The van der Waals surface area contributed by atoms with Crippen LogP contribution in [0, 0.1) is 0 Å². The van der Waals surface area contributed by atoms with Crippen LogP contribution >= 0.6 is 11.8 Å². The molecule has 9 heteroatoms. The van der Waals surface area contributed by atoms with Crippen molar-refractivity contribution < 1.29 is 13.9 Å². The van der Waals surface area contributed by atoms with E-state index in [4.69, 9.17) is 9.15 Å². The Morgan fingerprint density at radius 1 is 1.17 bits per heavy atom. The van der Waals surface area contributed by atoms with E-state index in [1.807, 2.05) is 46.7 Å². The molecule has 1 fully saturated rings. The molecule has 0 bridgehead atoms. The van der Waals surface area contributed by atoms with Crippen LogP contribution in [-0.2, 0) is 11.3 Å². The van der Waals surface area contributed by atoms with Gasteiger partial charge in [-0.15, -0.1) is 10.2 Å². The number of carbonyl (C=O) groups excluding carboxylic acids is 1. The first kappa shape index (κ1) is 20.3. The van der Waals surface area contributed by atoms with Crippen LogP contribution in [0.4, 0.5) is 5.69 Å². The van der Waals surface area contributed by atoms with Gasteiger partial charge in [0.15, 0.2) is 16.7 Å². The van der Waals surface area contributed by atoms with E-state index in [1.54, 1.807) is 13.4 Å². The molecular weight excluding hydrogens is 402 g/mol. The number of thioether (sulfide) groups is 1. The molecule has 30 heavy (non-hydrogen) atoms. The number of anilines is 1. The fourth-order valence-electron chi connectivity index (χ4n) is 3.51. The zero-order valence-electron chi connectivity index (χ0n) is 17.2. The van der Waals surface area contributed by atoms with Gasteiger partial charge in [0.25, 0.3) is 0 Å². The summed E-state index contributed by atoms with van der Waals surface area (Å²) in [5.41, 5.74) is 1.12. The summed E-state index contributed by atoms with van der Waals surface area (Å²) >= 11 is 1.42. The Labute approximate surface area is 179 Å². The molecule has 0 spiro atoms. The molecule has 0 aliphatic carbocycles. The lowest BCUT2D eigenvalue weighted by atomic mass is 10.2. The maximum atomic E-state index is 12.7. The van der Waals surface area contributed by atoms with E-state index in [2.05, 4.69) is 21.2 Å². The predicted molar refractivity (Wildman–Crippen MR) is 116 cm³/mol. The van der Waals surface area contributed by atoms with Crippen molar-refractivity contribution in [1.29, 1.82) is 0 Å². The molecule has 0 radical (unpaired) electrons. The number of amides is 1. The maximum absolute atomic E-state index is 12.7. The largest absolute Gasteiger partial charge is 0.497 e. The highest BCUT2D eigenvalue weighted by molar-refractivity contribution is 7.99. The Morgan fingerprint density at radius 3 is 2.70 bits per heavy atom. The maximum Gasteiger partial charge on any atom is 0.233 e. The first-order valence-corrected chi connectivity index (χ1v) is 10.9. The van der Waals surface area contributed by atoms with Crippen LogP contribution in [0.1, 0.15) is 6.92 Å². The van der Waals surface area contributed by atoms with Crippen LogP contribution in [0.3, 0.4) is 0 Å². The van der Waals surface area contributed by atoms with Crippen molar-refractivity contribution in [2.45, 2.75) is 18.6 Å². The molecular formula is C21H25N5O3S. The average Bonchev–Trinajstić information content (AvgIpc) is 3.47. The Morgan fingerprint density at radius 2 is 2.00 bits per heavy atom. The van der Waals surface area contributed by atoms with Crippen molar-refractivity contribution >= 4 is 23.4 Å². The summed E-state index contributed by atoms with van der Waals surface area (Å²) in [6.45, 7) is 5.75. The van der Waals surface area contributed by atoms with Gasteiger partial charge in [0.05, 0.1) is 19.1 Å². The SMILES string of the molecule is CCn1c(SCC(=O)N2CCN(c3cccc(OC)c3)CC2)nnc1-c1ccco1. The second-order valence-electron chi connectivity index (χ2n) is 6.89. The second-order valence-corrected chi connectivity index (χ2v) is 7.83. The van der Waals surface area contributed by atoms with Gasteiger partial charge in [-0.3, -0.25) is 9.36 Å². The molecule has 0 saturated carbocycles. The smallest absolute Gasteiger partial charge is 0.233 e. The molecule has 1 aliphatic heterocycles. The first-order chi connectivity index (χ1) is 14.7. The van der Waals surface area contributed by atoms with Gasteiger partial charge in [0.2, 0.25) is 5.91 Å². The third kappa shape index (κ3) is 4.30. The monoisotopic (exact) mass is 427 g/mol. The topological polar surface area (TPSA) is 76.6 Å². The highest BCUT2D eigenvalue weighted by atomic mass is 32.2. The van der Waals surface area contributed by atoms with Crippen LogP contribution in [0.15, 0.2) is 52.2 Å². The summed E-state index contributed by atoms with van der Waals surface area (Å²) in [6.07, 6.45) is 1.62. The van der Waals surface area contributed by atoms with E-state index in [9.17, 15) is 4.79 Å². The second kappa shape index (κ2) is 9.25. The molecule has 2 aromatic heterocycles. The number of benzene rings is 1. The number of hydrogen-bond donors (Lipinski definition) is 0. The van der Waals surface area contributed by atoms with Gasteiger partial charge in [-0.25, -0.2) is 0 Å². The van der Waals surface area contributed by atoms with Gasteiger partial charge in [0.1, 0.15) is 5.75 Å². The number of hydrogen-bond acceptors (Lipinski definition) is 7. The minimum absolute atomic E-state index is 0.121. The van der Waals surface area contributed by atoms with Crippen LogP contribution in [0.5, 0.6) is 5.75 Å². The van der Waals surface area contributed by atoms with E-state index >= 15 is 0 Å². The third-order valence-electron chi connectivity index (χ3n) is 5.15. The van der Waals surface area contributed by atoms with Crippen molar-refractivity contribution in [1.82, 2.24) is 19.7 Å². The quantitative estimate of drug-likeness (QED) is 0.537. The molecule has 1 amide bonds. The fraction of sp³-hybridized carbons (Fsp3) is 0.381. The van der Waals surface area contributed by atoms with Gasteiger partial charge < -0.3 is 19.0 Å². The van der Waals surface area contributed by atoms with Crippen molar-refractivity contribution in [3.05, 3.63) is 42.7 Å². The van der Waals surface area contributed by atoms with Gasteiger partial charge in [0, 0.05) is 44.5 Å². The molecule has 1 saturated heterocycles. The van der Waals surface area contributed by atoms with Crippen molar-refractivity contribution in [3.63, 3.8) is 0 Å². The van der Waals surface area contributed by atoms with Crippen LogP contribution in [0.2, 0.25) is 0 Å².